The predicted octanol–water partition coefficient (Wildman–Crippen LogP) is 1.84. The average Bonchev–Trinajstić information content (AvgIpc) is 2.51. The molecule has 1 aliphatic heterocycles. The normalized spacial score (nSPS) is 37.7. The van der Waals surface area contributed by atoms with E-state index >= 15 is 0 Å². The van der Waals surface area contributed by atoms with Crippen LogP contribution in [0.4, 0.5) is 0 Å². The van der Waals surface area contributed by atoms with Gasteiger partial charge in [-0.05, 0) is 18.3 Å². The molecule has 0 aromatic carbocycles. The second kappa shape index (κ2) is 5.39. The fourth-order valence-corrected chi connectivity index (χ4v) is 2.61. The molecule has 17 heavy (non-hydrogen) atoms. The highest BCUT2D eigenvalue weighted by Crippen LogP contribution is 2.38. The molecular formula is C14H24O3. The number of methoxy groups -OCH3 is 1. The summed E-state index contributed by atoms with van der Waals surface area (Å²) in [5, 5.41) is 10.6. The molecule has 0 radical (unpaired) electrons. The van der Waals surface area contributed by atoms with E-state index in [1.807, 2.05) is 13.8 Å². The molecule has 0 unspecified atom stereocenters. The molecule has 3 heteroatoms. The van der Waals surface area contributed by atoms with Crippen molar-refractivity contribution in [1.29, 1.82) is 0 Å². The van der Waals surface area contributed by atoms with Crippen LogP contribution < -0.4 is 0 Å². The number of hydrogen-bond donors (Lipinski definition) is 1. The summed E-state index contributed by atoms with van der Waals surface area (Å²) >= 11 is 0. The van der Waals surface area contributed by atoms with Crippen LogP contribution in [0.25, 0.3) is 0 Å². The molecule has 1 aliphatic rings. The molecule has 0 aromatic rings. The van der Waals surface area contributed by atoms with Crippen LogP contribution in [0.2, 0.25) is 0 Å². The van der Waals surface area contributed by atoms with Crippen LogP contribution in [-0.2, 0) is 9.47 Å². The van der Waals surface area contributed by atoms with Crippen molar-refractivity contribution < 1.29 is 14.6 Å². The summed E-state index contributed by atoms with van der Waals surface area (Å²) in [5.74, 6) is 3.12. The first-order chi connectivity index (χ1) is 7.86. The fraction of sp³-hybridized carbons (Fsp3) is 0.857. The van der Waals surface area contributed by atoms with E-state index in [2.05, 4.69) is 19.8 Å². The summed E-state index contributed by atoms with van der Waals surface area (Å²) < 4.78 is 11.3. The van der Waals surface area contributed by atoms with Gasteiger partial charge < -0.3 is 14.6 Å². The monoisotopic (exact) mass is 240 g/mol. The maximum Gasteiger partial charge on any atom is 0.180 e. The summed E-state index contributed by atoms with van der Waals surface area (Å²) in [6.45, 7) is 8.23. The summed E-state index contributed by atoms with van der Waals surface area (Å²) in [5.41, 5.74) is -1.32. The Bertz CT molecular complexity index is 292. The first-order valence-electron chi connectivity index (χ1n) is 6.25. The SMILES string of the molecule is C#C[C@@]1(O)[C@H](OC)[C@@H](CC(C)C)O[C@H]1C(C)C. The van der Waals surface area contributed by atoms with Gasteiger partial charge in [-0.15, -0.1) is 6.42 Å². The zero-order valence-electron chi connectivity index (χ0n) is 11.4. The molecule has 1 N–H and O–H groups in total. The highest BCUT2D eigenvalue weighted by molar-refractivity contribution is 5.21. The molecular weight excluding hydrogens is 216 g/mol. The molecule has 0 saturated carbocycles. The minimum absolute atomic E-state index is 0.131. The lowest BCUT2D eigenvalue weighted by Crippen LogP contribution is -2.49. The van der Waals surface area contributed by atoms with Crippen molar-refractivity contribution >= 4 is 0 Å². The molecule has 98 valence electrons. The molecule has 0 amide bonds. The maximum atomic E-state index is 10.6. The lowest BCUT2D eigenvalue weighted by atomic mass is 9.84. The molecule has 0 spiro atoms. The Kier molecular flexibility index (Phi) is 4.60. The van der Waals surface area contributed by atoms with Crippen LogP contribution in [0.5, 0.6) is 0 Å². The first kappa shape index (κ1) is 14.5. The minimum Gasteiger partial charge on any atom is -0.375 e. The van der Waals surface area contributed by atoms with Gasteiger partial charge in [-0.1, -0.05) is 33.6 Å². The third-order valence-corrected chi connectivity index (χ3v) is 3.32. The Morgan fingerprint density at radius 2 is 2.00 bits per heavy atom. The topological polar surface area (TPSA) is 38.7 Å². The van der Waals surface area contributed by atoms with Crippen molar-refractivity contribution in [2.24, 2.45) is 11.8 Å². The molecule has 3 nitrogen and oxygen atoms in total. The van der Waals surface area contributed by atoms with E-state index in [4.69, 9.17) is 15.9 Å². The fourth-order valence-electron chi connectivity index (χ4n) is 2.61. The summed E-state index contributed by atoms with van der Waals surface area (Å²) in [6.07, 6.45) is 5.40. The largest absolute Gasteiger partial charge is 0.375 e. The van der Waals surface area contributed by atoms with Gasteiger partial charge in [0, 0.05) is 7.11 Å². The summed E-state index contributed by atoms with van der Waals surface area (Å²) in [7, 11) is 1.58. The number of ether oxygens (including phenoxy) is 2. The van der Waals surface area contributed by atoms with Gasteiger partial charge in [-0.2, -0.15) is 0 Å². The average molecular weight is 240 g/mol. The van der Waals surface area contributed by atoms with Crippen molar-refractivity contribution in [3.8, 4) is 12.3 Å². The van der Waals surface area contributed by atoms with Gasteiger partial charge in [-0.25, -0.2) is 0 Å². The van der Waals surface area contributed by atoms with E-state index in [9.17, 15) is 5.11 Å². The van der Waals surface area contributed by atoms with Gasteiger partial charge in [0.05, 0.1) is 6.10 Å². The Morgan fingerprint density at radius 3 is 2.35 bits per heavy atom. The van der Waals surface area contributed by atoms with Crippen molar-refractivity contribution in [2.75, 3.05) is 7.11 Å². The Balaban J connectivity index is 2.97. The van der Waals surface area contributed by atoms with Gasteiger partial charge in [0.15, 0.2) is 5.60 Å². The van der Waals surface area contributed by atoms with Gasteiger partial charge in [0.1, 0.15) is 12.2 Å². The van der Waals surface area contributed by atoms with Gasteiger partial charge in [0.2, 0.25) is 0 Å². The van der Waals surface area contributed by atoms with Crippen molar-refractivity contribution in [3.05, 3.63) is 0 Å². The highest BCUT2D eigenvalue weighted by Gasteiger charge is 2.56. The molecule has 0 bridgehead atoms. The van der Waals surface area contributed by atoms with Gasteiger partial charge in [0.25, 0.3) is 0 Å². The number of terminal acetylenes is 1. The smallest absolute Gasteiger partial charge is 0.180 e. The molecule has 1 rings (SSSR count). The zero-order valence-corrected chi connectivity index (χ0v) is 11.4. The molecule has 1 saturated heterocycles. The van der Waals surface area contributed by atoms with Crippen LogP contribution in [0.3, 0.4) is 0 Å². The third-order valence-electron chi connectivity index (χ3n) is 3.32. The lowest BCUT2D eigenvalue weighted by Gasteiger charge is -2.29. The van der Waals surface area contributed by atoms with E-state index in [0.717, 1.165) is 6.42 Å². The summed E-state index contributed by atoms with van der Waals surface area (Å²) in [4.78, 5) is 0. The van der Waals surface area contributed by atoms with Crippen LogP contribution >= 0.6 is 0 Å². The van der Waals surface area contributed by atoms with E-state index in [1.54, 1.807) is 7.11 Å². The molecule has 0 aromatic heterocycles. The Hall–Kier alpha value is -0.560. The van der Waals surface area contributed by atoms with E-state index in [-0.39, 0.29) is 18.1 Å². The van der Waals surface area contributed by atoms with E-state index < -0.39 is 11.7 Å². The standard InChI is InChI=1S/C14H24O3/c1-7-14(15)12(10(4)5)17-11(8-9(2)3)13(14)16-6/h1,9-13,15H,8H2,2-6H3/t11-,12+,13-,14+/m1/s1. The van der Waals surface area contributed by atoms with Crippen LogP contribution in [0.15, 0.2) is 0 Å². The molecule has 0 aliphatic carbocycles. The predicted molar refractivity (Wildman–Crippen MR) is 67.5 cm³/mol. The Labute approximate surface area is 104 Å². The number of aliphatic hydroxyl groups is 1. The maximum absolute atomic E-state index is 10.6. The highest BCUT2D eigenvalue weighted by atomic mass is 16.6. The lowest BCUT2D eigenvalue weighted by molar-refractivity contribution is -0.0601. The van der Waals surface area contributed by atoms with Crippen molar-refractivity contribution in [3.63, 3.8) is 0 Å². The van der Waals surface area contributed by atoms with E-state index in [0.29, 0.717) is 5.92 Å². The Morgan fingerprint density at radius 1 is 1.41 bits per heavy atom. The second-order valence-corrected chi connectivity index (χ2v) is 5.59. The van der Waals surface area contributed by atoms with Crippen LogP contribution in [0.1, 0.15) is 34.1 Å². The van der Waals surface area contributed by atoms with Crippen molar-refractivity contribution in [1.82, 2.24) is 0 Å². The molecule has 1 heterocycles. The van der Waals surface area contributed by atoms with Gasteiger partial charge in [-0.3, -0.25) is 0 Å². The quantitative estimate of drug-likeness (QED) is 0.762. The van der Waals surface area contributed by atoms with Crippen LogP contribution in [-0.4, -0.2) is 36.1 Å². The number of hydrogen-bond acceptors (Lipinski definition) is 3. The van der Waals surface area contributed by atoms with Crippen LogP contribution in [0, 0.1) is 24.2 Å². The number of rotatable bonds is 4. The first-order valence-corrected chi connectivity index (χ1v) is 6.25. The van der Waals surface area contributed by atoms with E-state index in [1.165, 1.54) is 0 Å². The molecule has 1 fully saturated rings. The zero-order chi connectivity index (χ0) is 13.2. The second-order valence-electron chi connectivity index (χ2n) is 5.59. The minimum atomic E-state index is -1.32. The molecule has 4 atom stereocenters. The summed E-state index contributed by atoms with van der Waals surface area (Å²) in [6, 6.07) is 0. The van der Waals surface area contributed by atoms with Gasteiger partial charge >= 0.3 is 0 Å². The van der Waals surface area contributed by atoms with Crippen molar-refractivity contribution in [2.45, 2.75) is 58.0 Å². The third kappa shape index (κ3) is 2.65.